The van der Waals surface area contributed by atoms with E-state index in [1.165, 1.54) is 6.07 Å². The summed E-state index contributed by atoms with van der Waals surface area (Å²) in [6.07, 6.45) is 2.39. The first kappa shape index (κ1) is 20.5. The monoisotopic (exact) mass is 449 g/mol. The number of aryl methyl sites for hydroxylation is 1. The van der Waals surface area contributed by atoms with Gasteiger partial charge in [0.15, 0.2) is 5.60 Å². The quantitative estimate of drug-likeness (QED) is 0.433. The fourth-order valence-electron chi connectivity index (χ4n) is 5.79. The zero-order chi connectivity index (χ0) is 23.2. The topological polar surface area (TPSA) is 107 Å². The molecule has 3 aromatic rings. The Hall–Kier alpha value is -3.10. The Morgan fingerprint density at radius 2 is 2.09 bits per heavy atom. The van der Waals surface area contributed by atoms with Crippen LogP contribution in [0.3, 0.4) is 0 Å². The second kappa shape index (κ2) is 6.71. The second-order valence-corrected chi connectivity index (χ2v) is 9.31. The van der Waals surface area contributed by atoms with Crippen LogP contribution in [0.1, 0.15) is 65.6 Å². The molecular formula is C25H24FN3O4. The summed E-state index contributed by atoms with van der Waals surface area (Å²) in [7, 11) is 0. The van der Waals surface area contributed by atoms with Crippen LogP contribution < -0.4 is 11.3 Å². The molecule has 33 heavy (non-hydrogen) atoms. The molecule has 0 radical (unpaired) electrons. The average molecular weight is 449 g/mol. The van der Waals surface area contributed by atoms with Crippen molar-refractivity contribution >= 4 is 16.9 Å². The molecule has 6 rings (SSSR count). The predicted molar refractivity (Wildman–Crippen MR) is 119 cm³/mol. The maximum absolute atomic E-state index is 14.8. The van der Waals surface area contributed by atoms with Crippen molar-refractivity contribution in [3.05, 3.63) is 61.7 Å². The lowest BCUT2D eigenvalue weighted by Gasteiger charge is -2.31. The highest BCUT2D eigenvalue weighted by Crippen LogP contribution is 2.44. The zero-order valence-electron chi connectivity index (χ0n) is 18.5. The number of hydrogen-bond acceptors (Lipinski definition) is 6. The molecule has 2 atom stereocenters. The number of fused-ring (bicyclic) bond motifs is 5. The minimum atomic E-state index is -1.89. The summed E-state index contributed by atoms with van der Waals surface area (Å²) >= 11 is 0. The number of ether oxygens (including phenoxy) is 1. The molecule has 0 amide bonds. The van der Waals surface area contributed by atoms with Crippen molar-refractivity contribution in [2.24, 2.45) is 5.73 Å². The van der Waals surface area contributed by atoms with E-state index in [1.54, 1.807) is 24.5 Å². The third-order valence-corrected chi connectivity index (χ3v) is 7.66. The molecule has 0 fully saturated rings. The number of halogens is 1. The van der Waals surface area contributed by atoms with E-state index >= 15 is 0 Å². The fourth-order valence-corrected chi connectivity index (χ4v) is 5.79. The van der Waals surface area contributed by atoms with Crippen molar-refractivity contribution in [2.75, 3.05) is 0 Å². The van der Waals surface area contributed by atoms with Crippen LogP contribution >= 0.6 is 0 Å². The van der Waals surface area contributed by atoms with Crippen molar-refractivity contribution < 1.29 is 19.0 Å². The van der Waals surface area contributed by atoms with E-state index in [4.69, 9.17) is 15.5 Å². The molecule has 170 valence electrons. The van der Waals surface area contributed by atoms with Gasteiger partial charge in [0.2, 0.25) is 0 Å². The molecule has 2 aliphatic heterocycles. The van der Waals surface area contributed by atoms with Gasteiger partial charge in [0.1, 0.15) is 12.4 Å². The molecule has 1 aliphatic carbocycles. The highest BCUT2D eigenvalue weighted by molar-refractivity contribution is 5.92. The Bertz CT molecular complexity index is 1460. The maximum Gasteiger partial charge on any atom is 0.343 e. The summed E-state index contributed by atoms with van der Waals surface area (Å²) in [5, 5.41) is 12.0. The van der Waals surface area contributed by atoms with Gasteiger partial charge in [0, 0.05) is 28.6 Å². The lowest BCUT2D eigenvalue weighted by atomic mass is 9.86. The Morgan fingerprint density at radius 1 is 1.30 bits per heavy atom. The number of esters is 1. The molecule has 3 aliphatic rings. The van der Waals surface area contributed by atoms with Crippen LogP contribution in [0.15, 0.2) is 16.9 Å². The van der Waals surface area contributed by atoms with Crippen LogP contribution in [-0.4, -0.2) is 20.6 Å². The highest BCUT2D eigenvalue weighted by Gasteiger charge is 2.45. The van der Waals surface area contributed by atoms with Gasteiger partial charge < -0.3 is 20.1 Å². The molecule has 0 saturated carbocycles. The van der Waals surface area contributed by atoms with Gasteiger partial charge in [-0.25, -0.2) is 14.2 Å². The third kappa shape index (κ3) is 2.53. The minimum absolute atomic E-state index is 0.0731. The minimum Gasteiger partial charge on any atom is -0.458 e. The van der Waals surface area contributed by atoms with E-state index in [1.807, 2.05) is 0 Å². The second-order valence-electron chi connectivity index (χ2n) is 9.31. The number of aromatic nitrogens is 2. The Morgan fingerprint density at radius 3 is 2.85 bits per heavy atom. The number of cyclic esters (lactones) is 1. The van der Waals surface area contributed by atoms with Crippen molar-refractivity contribution in [3.8, 4) is 11.4 Å². The van der Waals surface area contributed by atoms with Gasteiger partial charge in [-0.2, -0.15) is 0 Å². The summed E-state index contributed by atoms with van der Waals surface area (Å²) in [6, 6.07) is 2.85. The van der Waals surface area contributed by atoms with Gasteiger partial charge in [-0.05, 0) is 55.4 Å². The van der Waals surface area contributed by atoms with Crippen LogP contribution in [0.25, 0.3) is 22.3 Å². The molecule has 2 aromatic heterocycles. The summed E-state index contributed by atoms with van der Waals surface area (Å²) in [6.45, 7) is 3.56. The molecular weight excluding hydrogens is 425 g/mol. The summed E-state index contributed by atoms with van der Waals surface area (Å²) in [4.78, 5) is 30.6. The lowest BCUT2D eigenvalue weighted by molar-refractivity contribution is -0.172. The van der Waals surface area contributed by atoms with Crippen LogP contribution in [0.4, 0.5) is 4.39 Å². The van der Waals surface area contributed by atoms with Gasteiger partial charge in [-0.1, -0.05) is 6.92 Å². The number of hydrogen-bond donors (Lipinski definition) is 2. The van der Waals surface area contributed by atoms with Crippen molar-refractivity contribution in [1.82, 2.24) is 9.55 Å². The van der Waals surface area contributed by atoms with E-state index in [0.29, 0.717) is 22.5 Å². The Kier molecular flexibility index (Phi) is 4.17. The largest absolute Gasteiger partial charge is 0.458 e. The number of rotatable bonds is 1. The molecule has 3 N–H and O–H groups in total. The lowest BCUT2D eigenvalue weighted by Crippen LogP contribution is -2.44. The van der Waals surface area contributed by atoms with Gasteiger partial charge in [0.05, 0.1) is 29.0 Å². The van der Waals surface area contributed by atoms with Crippen LogP contribution in [0, 0.1) is 12.7 Å². The summed E-state index contributed by atoms with van der Waals surface area (Å²) in [5.74, 6) is -1.07. The van der Waals surface area contributed by atoms with Crippen molar-refractivity contribution in [1.29, 1.82) is 0 Å². The Labute approximate surface area is 189 Å². The Balaban J connectivity index is 1.70. The van der Waals surface area contributed by atoms with Crippen molar-refractivity contribution in [2.45, 2.75) is 64.3 Å². The first-order valence-corrected chi connectivity index (χ1v) is 11.3. The molecule has 8 heteroatoms. The predicted octanol–water partition coefficient (Wildman–Crippen LogP) is 2.86. The van der Waals surface area contributed by atoms with Gasteiger partial charge in [-0.3, -0.25) is 4.79 Å². The number of nitrogens with two attached hydrogens (primary N) is 1. The highest BCUT2D eigenvalue weighted by atomic mass is 19.1. The molecule has 4 heterocycles. The SMILES string of the molecule is CC[C@@]1(O)C(=O)OCc2c1cc1n(c2=O)Cc2c-1nc1cc(F)c(C)c3c1c2[C@@H](N)CCC3. The number of nitrogens with zero attached hydrogens (tertiary/aromatic N) is 2. The molecule has 0 spiro atoms. The summed E-state index contributed by atoms with van der Waals surface area (Å²) < 4.78 is 21.5. The smallest absolute Gasteiger partial charge is 0.343 e. The molecule has 1 aromatic carbocycles. The van der Waals surface area contributed by atoms with E-state index in [2.05, 4.69) is 0 Å². The van der Waals surface area contributed by atoms with E-state index in [0.717, 1.165) is 41.3 Å². The van der Waals surface area contributed by atoms with Crippen molar-refractivity contribution in [3.63, 3.8) is 0 Å². The number of aliphatic hydroxyl groups is 1. The number of carbonyl (C=O) groups is 1. The molecule has 7 nitrogen and oxygen atoms in total. The normalized spacial score (nSPS) is 23.1. The third-order valence-electron chi connectivity index (χ3n) is 7.66. The first-order valence-electron chi connectivity index (χ1n) is 11.3. The van der Waals surface area contributed by atoms with E-state index in [9.17, 15) is 19.1 Å². The van der Waals surface area contributed by atoms with E-state index in [-0.39, 0.29) is 48.1 Å². The number of benzene rings is 1. The molecule has 0 saturated heterocycles. The fraction of sp³-hybridized carbons (Fsp3) is 0.400. The molecule has 0 unspecified atom stereocenters. The van der Waals surface area contributed by atoms with Crippen LogP contribution in [0.5, 0.6) is 0 Å². The van der Waals surface area contributed by atoms with E-state index < -0.39 is 11.6 Å². The average Bonchev–Trinajstić information content (AvgIpc) is 3.06. The van der Waals surface area contributed by atoms with Gasteiger partial charge in [0.25, 0.3) is 5.56 Å². The van der Waals surface area contributed by atoms with Crippen LogP contribution in [-0.2, 0) is 34.7 Å². The number of carbonyl (C=O) groups excluding carboxylic acids is 1. The maximum atomic E-state index is 14.8. The first-order chi connectivity index (χ1) is 15.8. The standard InChI is InChI=1S/C25H24FN3O4/c1-3-25(32)15-7-19-22-13(9-29(19)23(30)14(15)10-33-24(25)31)20-17(27)6-4-5-12-11(2)16(26)8-18(28-22)21(12)20/h7-8,17,32H,3-6,9-10,27H2,1-2H3/t17-,25-/m0/s1. The zero-order valence-corrected chi connectivity index (χ0v) is 18.5. The van der Waals surface area contributed by atoms with Gasteiger partial charge in [-0.15, -0.1) is 0 Å². The number of pyridine rings is 2. The van der Waals surface area contributed by atoms with Gasteiger partial charge >= 0.3 is 5.97 Å². The molecule has 0 bridgehead atoms. The summed E-state index contributed by atoms with van der Waals surface area (Å²) in [5.41, 5.74) is 9.87. The van der Waals surface area contributed by atoms with Crippen LogP contribution in [0.2, 0.25) is 0 Å².